The van der Waals surface area contributed by atoms with Crippen LogP contribution in [0.1, 0.15) is 31.2 Å². The summed E-state index contributed by atoms with van der Waals surface area (Å²) in [5.41, 5.74) is 1.03. The molecule has 4 amide bonds. The summed E-state index contributed by atoms with van der Waals surface area (Å²) in [5.74, 6) is 0. The normalized spacial score (nSPS) is 26.4. The first-order valence-corrected chi connectivity index (χ1v) is 12.2. The van der Waals surface area contributed by atoms with Gasteiger partial charge in [0, 0.05) is 31.6 Å². The van der Waals surface area contributed by atoms with Crippen LogP contribution in [-0.4, -0.2) is 74.5 Å². The maximum atomic E-state index is 12.2. The van der Waals surface area contributed by atoms with Crippen molar-refractivity contribution in [1.29, 1.82) is 10.5 Å². The van der Waals surface area contributed by atoms with Gasteiger partial charge in [0.05, 0.1) is 24.2 Å². The molecule has 4 saturated heterocycles. The fourth-order valence-electron chi connectivity index (χ4n) is 4.44. The summed E-state index contributed by atoms with van der Waals surface area (Å²) in [6.07, 6.45) is 2.95. The number of hydrogen-bond acceptors (Lipinski definition) is 6. The second-order valence-electron chi connectivity index (χ2n) is 8.05. The molecular formula is C22H26IN6O4V-. The van der Waals surface area contributed by atoms with Crippen LogP contribution >= 0.6 is 22.6 Å². The Balaban J connectivity index is 0.000000236. The van der Waals surface area contributed by atoms with E-state index in [1.165, 1.54) is 9.96 Å². The molecule has 5 rings (SSSR count). The molecule has 4 heterocycles. The third-order valence-electron chi connectivity index (χ3n) is 6.18. The van der Waals surface area contributed by atoms with Crippen LogP contribution in [0, 0.1) is 27.6 Å². The van der Waals surface area contributed by atoms with E-state index in [1.54, 1.807) is 4.90 Å². The summed E-state index contributed by atoms with van der Waals surface area (Å²) in [5, 5.41) is 29.1. The topological polar surface area (TPSA) is 124 Å². The fourth-order valence-corrected chi connectivity index (χ4v) is 4.44. The Hall–Kier alpha value is -2.03. The Morgan fingerprint density at radius 2 is 1.47 bits per heavy atom. The second-order valence-corrected chi connectivity index (χ2v) is 8.05. The van der Waals surface area contributed by atoms with Gasteiger partial charge in [0.1, 0.15) is 18.7 Å². The van der Waals surface area contributed by atoms with E-state index in [2.05, 4.69) is 11.0 Å². The number of halogens is 1. The first kappa shape index (κ1) is 28.2. The van der Waals surface area contributed by atoms with Crippen molar-refractivity contribution >= 4 is 34.7 Å². The van der Waals surface area contributed by atoms with Crippen molar-refractivity contribution in [2.24, 2.45) is 0 Å². The smallest absolute Gasteiger partial charge is 0.319 e. The van der Waals surface area contributed by atoms with Gasteiger partial charge in [-0.15, -0.1) is 0 Å². The maximum absolute atomic E-state index is 12.2. The predicted molar refractivity (Wildman–Crippen MR) is 125 cm³/mol. The average molecular weight is 616 g/mol. The first-order chi connectivity index (χ1) is 16.0. The van der Waals surface area contributed by atoms with Gasteiger partial charge in [0.25, 0.3) is 0 Å². The summed E-state index contributed by atoms with van der Waals surface area (Å²) in [7, 11) is 0. The van der Waals surface area contributed by atoms with Crippen molar-refractivity contribution in [3.05, 3.63) is 40.8 Å². The zero-order valence-corrected chi connectivity index (χ0v) is 22.1. The van der Waals surface area contributed by atoms with Crippen LogP contribution in [0.2, 0.25) is 0 Å². The molecule has 0 aromatic heterocycles. The van der Waals surface area contributed by atoms with E-state index in [0.29, 0.717) is 26.1 Å². The van der Waals surface area contributed by atoms with Gasteiger partial charge in [-0.25, -0.2) is 14.7 Å². The Morgan fingerprint density at radius 1 is 0.941 bits per heavy atom. The summed E-state index contributed by atoms with van der Waals surface area (Å²) < 4.78 is 0. The number of piperidine rings is 2. The molecular weight excluding hydrogens is 590 g/mol. The number of nitriles is 2. The minimum Gasteiger partial charge on any atom is -0.319 e. The quantitative estimate of drug-likeness (QED) is 0.316. The van der Waals surface area contributed by atoms with E-state index in [1.807, 2.05) is 59.0 Å². The van der Waals surface area contributed by atoms with Gasteiger partial charge in [-0.05, 0) is 31.2 Å². The number of carbonyl (C=O) groups excluding carboxylic acids is 2. The molecule has 1 aromatic rings. The predicted octanol–water partition coefficient (Wildman–Crippen LogP) is 3.29. The zero-order valence-electron chi connectivity index (χ0n) is 18.5. The number of carbonyl (C=O) groups is 2. The summed E-state index contributed by atoms with van der Waals surface area (Å²) in [6.45, 7) is 1.48. The SMILES string of the molecule is N#C[C@@H]1CC[C@H]2CN1C(=O)N2O.N#C[C@@H]1CC[C@H]2CN1C(=O)N2OCc1ccccc1.[CH2-]I.[V]. The largest absolute Gasteiger partial charge is 0.345 e. The molecule has 1 radical (unpaired) electrons. The molecule has 1 aromatic carbocycles. The third kappa shape index (κ3) is 5.96. The fraction of sp³-hybridized carbons (Fsp3) is 0.500. The zero-order chi connectivity index (χ0) is 24.0. The molecule has 12 heteroatoms. The van der Waals surface area contributed by atoms with Crippen molar-refractivity contribution in [3.8, 4) is 12.1 Å². The second kappa shape index (κ2) is 13.2. The van der Waals surface area contributed by atoms with E-state index >= 15 is 0 Å². The minimum atomic E-state index is -0.427. The van der Waals surface area contributed by atoms with Gasteiger partial charge < -0.3 is 32.4 Å². The molecule has 0 spiro atoms. The maximum Gasteiger partial charge on any atom is 0.345 e. The summed E-state index contributed by atoms with van der Waals surface area (Å²) in [4.78, 5) is 35.3. The van der Waals surface area contributed by atoms with Crippen molar-refractivity contribution in [1.82, 2.24) is 19.9 Å². The van der Waals surface area contributed by atoms with E-state index in [0.717, 1.165) is 29.9 Å². The van der Waals surface area contributed by atoms with E-state index in [4.69, 9.17) is 15.4 Å². The molecule has 0 saturated carbocycles. The third-order valence-corrected chi connectivity index (χ3v) is 6.18. The van der Waals surface area contributed by atoms with E-state index < -0.39 is 6.03 Å². The Morgan fingerprint density at radius 3 is 2.06 bits per heavy atom. The van der Waals surface area contributed by atoms with Crippen LogP contribution in [0.3, 0.4) is 0 Å². The van der Waals surface area contributed by atoms with Gasteiger partial charge in [-0.3, -0.25) is 15.0 Å². The number of nitrogens with zero attached hydrogens (tertiary/aromatic N) is 6. The van der Waals surface area contributed by atoms with Crippen LogP contribution in [-0.2, 0) is 30.0 Å². The van der Waals surface area contributed by atoms with E-state index in [9.17, 15) is 14.8 Å². The van der Waals surface area contributed by atoms with Crippen LogP contribution in [0.15, 0.2) is 30.3 Å². The van der Waals surface area contributed by atoms with Gasteiger partial charge >= 0.3 is 12.1 Å². The molecule has 10 nitrogen and oxygen atoms in total. The molecule has 4 atom stereocenters. The van der Waals surface area contributed by atoms with Gasteiger partial charge in [-0.2, -0.15) is 15.6 Å². The summed E-state index contributed by atoms with van der Waals surface area (Å²) in [6, 6.07) is 12.7. The molecule has 1 N–H and O–H groups in total. The number of benzene rings is 1. The molecule has 4 aliphatic rings. The Labute approximate surface area is 224 Å². The van der Waals surface area contributed by atoms with Crippen LogP contribution in [0.25, 0.3) is 0 Å². The van der Waals surface area contributed by atoms with Gasteiger partial charge in [-0.1, -0.05) is 30.3 Å². The molecule has 4 bridgehead atoms. The van der Waals surface area contributed by atoms with Gasteiger partial charge in [0.2, 0.25) is 0 Å². The van der Waals surface area contributed by atoms with E-state index in [-0.39, 0.29) is 48.8 Å². The van der Waals surface area contributed by atoms with Crippen LogP contribution in [0.5, 0.6) is 0 Å². The van der Waals surface area contributed by atoms with Crippen molar-refractivity contribution in [2.75, 3.05) is 13.1 Å². The van der Waals surface area contributed by atoms with Crippen molar-refractivity contribution in [3.63, 3.8) is 0 Å². The van der Waals surface area contributed by atoms with Crippen LogP contribution in [0.4, 0.5) is 9.59 Å². The van der Waals surface area contributed by atoms with Crippen LogP contribution < -0.4 is 0 Å². The van der Waals surface area contributed by atoms with Crippen molar-refractivity contribution in [2.45, 2.75) is 56.5 Å². The number of rotatable bonds is 3. The number of amides is 4. The number of fused-ring (bicyclic) bond motifs is 4. The van der Waals surface area contributed by atoms with Crippen molar-refractivity contribution < 1.29 is 38.2 Å². The molecule has 0 aliphatic carbocycles. The number of hydroxylamine groups is 4. The Kier molecular flexibility index (Phi) is 10.9. The van der Waals surface area contributed by atoms with Gasteiger partial charge in [0.15, 0.2) is 0 Å². The standard InChI is InChI=1S/C14H15N3O2.C7H9N3O2.CH2I.V/c15-8-12-6-7-13-9-16(12)14(18)17(13)19-10-11-4-2-1-3-5-11;8-3-5-1-2-6-4-9(5)7(11)10(6)12;1-2;/h1-5,12-13H,6-7,9-10H2;5-6,12H,1-2,4H2;1H2;/q;;-1;/t12-,13-;5-,6-;;/m00../s1. The summed E-state index contributed by atoms with van der Waals surface area (Å²) >= 11 is 1.90. The molecule has 34 heavy (non-hydrogen) atoms. The number of urea groups is 2. The molecule has 181 valence electrons. The first-order valence-electron chi connectivity index (χ1n) is 10.6. The molecule has 0 unspecified atom stereocenters. The number of hydrogen-bond donors (Lipinski definition) is 1. The monoisotopic (exact) mass is 616 g/mol. The average Bonchev–Trinajstić information content (AvgIpc) is 3.25. The Bertz CT molecular complexity index is 926. The molecule has 4 fully saturated rings. The minimum absolute atomic E-state index is 0. The molecule has 4 aliphatic heterocycles.